The van der Waals surface area contributed by atoms with Crippen molar-refractivity contribution >= 4 is 21.9 Å². The van der Waals surface area contributed by atoms with E-state index in [1.807, 2.05) is 0 Å². The van der Waals surface area contributed by atoms with E-state index in [1.54, 1.807) is 30.7 Å². The van der Waals surface area contributed by atoms with Crippen LogP contribution in [0.3, 0.4) is 0 Å². The number of amides is 1. The van der Waals surface area contributed by atoms with Crippen molar-refractivity contribution in [2.24, 2.45) is 0 Å². The lowest BCUT2D eigenvalue weighted by atomic mass is 10.2. The Morgan fingerprint density at radius 3 is 2.47 bits per heavy atom. The molecule has 0 fully saturated rings. The Morgan fingerprint density at radius 1 is 1.35 bits per heavy atom. The van der Waals surface area contributed by atoms with Crippen LogP contribution in [0, 0.1) is 0 Å². The fourth-order valence-electron chi connectivity index (χ4n) is 1.15. The van der Waals surface area contributed by atoms with Gasteiger partial charge in [0.05, 0.1) is 11.7 Å². The molecule has 0 spiro atoms. The highest BCUT2D eigenvalue weighted by molar-refractivity contribution is 7.85. The Kier molecular flexibility index (Phi) is 4.08. The predicted molar refractivity (Wildman–Crippen MR) is 63.5 cm³/mol. The summed E-state index contributed by atoms with van der Waals surface area (Å²) in [7, 11) is -4.10. The van der Waals surface area contributed by atoms with Gasteiger partial charge in [-0.25, -0.2) is 4.72 Å². The van der Waals surface area contributed by atoms with Crippen molar-refractivity contribution in [3.8, 4) is 0 Å². The van der Waals surface area contributed by atoms with E-state index >= 15 is 0 Å². The third kappa shape index (κ3) is 4.04. The van der Waals surface area contributed by atoms with E-state index in [4.69, 9.17) is 5.73 Å². The Labute approximate surface area is 100 Å². The number of para-hydroxylation sites is 1. The molecule has 1 aromatic carbocycles. The molecule has 1 amide bonds. The smallest absolute Gasteiger partial charge is 0.362 e. The SMILES string of the molecule is CC(C)OS(=O)(=O)NC(=O)c1ccccc1N. The van der Waals surface area contributed by atoms with Crippen LogP contribution in [0.5, 0.6) is 0 Å². The van der Waals surface area contributed by atoms with Crippen LogP contribution in [-0.4, -0.2) is 20.4 Å². The molecule has 0 unspecified atom stereocenters. The van der Waals surface area contributed by atoms with Crippen LogP contribution < -0.4 is 10.5 Å². The zero-order valence-corrected chi connectivity index (χ0v) is 10.3. The molecule has 0 aromatic heterocycles. The van der Waals surface area contributed by atoms with Crippen molar-refractivity contribution in [3.63, 3.8) is 0 Å². The van der Waals surface area contributed by atoms with Crippen LogP contribution in [0.25, 0.3) is 0 Å². The van der Waals surface area contributed by atoms with Crippen molar-refractivity contribution in [1.29, 1.82) is 0 Å². The molecule has 0 aliphatic heterocycles. The molecule has 7 heteroatoms. The van der Waals surface area contributed by atoms with Crippen molar-refractivity contribution in [2.75, 3.05) is 5.73 Å². The molecule has 0 aliphatic carbocycles. The average molecular weight is 258 g/mol. The maximum absolute atomic E-state index is 11.6. The quantitative estimate of drug-likeness (QED) is 0.773. The summed E-state index contributed by atoms with van der Waals surface area (Å²) in [6.45, 7) is 3.08. The highest BCUT2D eigenvalue weighted by atomic mass is 32.2. The fourth-order valence-corrected chi connectivity index (χ4v) is 2.04. The number of nitrogens with two attached hydrogens (primary N) is 1. The van der Waals surface area contributed by atoms with Gasteiger partial charge in [-0.3, -0.25) is 8.98 Å². The van der Waals surface area contributed by atoms with E-state index in [-0.39, 0.29) is 11.3 Å². The summed E-state index contributed by atoms with van der Waals surface area (Å²) in [5.74, 6) is -0.816. The average Bonchev–Trinajstić information content (AvgIpc) is 2.14. The first kappa shape index (κ1) is 13.5. The Balaban J connectivity index is 2.84. The maximum atomic E-state index is 11.6. The number of carbonyl (C=O) groups excluding carboxylic acids is 1. The molecule has 0 radical (unpaired) electrons. The van der Waals surface area contributed by atoms with Gasteiger partial charge in [0.15, 0.2) is 0 Å². The highest BCUT2D eigenvalue weighted by Gasteiger charge is 2.19. The van der Waals surface area contributed by atoms with Gasteiger partial charge < -0.3 is 5.73 Å². The van der Waals surface area contributed by atoms with Gasteiger partial charge >= 0.3 is 10.3 Å². The molecular weight excluding hydrogens is 244 g/mol. The van der Waals surface area contributed by atoms with Gasteiger partial charge in [-0.2, -0.15) is 8.42 Å². The van der Waals surface area contributed by atoms with Crippen LogP contribution in [0.2, 0.25) is 0 Å². The summed E-state index contributed by atoms with van der Waals surface area (Å²) >= 11 is 0. The van der Waals surface area contributed by atoms with Gasteiger partial charge in [0.25, 0.3) is 5.91 Å². The third-order valence-electron chi connectivity index (χ3n) is 1.74. The van der Waals surface area contributed by atoms with Gasteiger partial charge in [0, 0.05) is 5.69 Å². The summed E-state index contributed by atoms with van der Waals surface area (Å²) < 4.78 is 29.0. The topological polar surface area (TPSA) is 98.5 Å². The minimum absolute atomic E-state index is 0.0865. The largest absolute Gasteiger partial charge is 0.398 e. The number of nitrogens with one attached hydrogen (secondary N) is 1. The Hall–Kier alpha value is -1.60. The van der Waals surface area contributed by atoms with Crippen molar-refractivity contribution in [2.45, 2.75) is 20.0 Å². The predicted octanol–water partition coefficient (Wildman–Crippen LogP) is 0.668. The molecule has 0 atom stereocenters. The highest BCUT2D eigenvalue weighted by Crippen LogP contribution is 2.10. The number of anilines is 1. The molecule has 0 aliphatic rings. The molecule has 17 heavy (non-hydrogen) atoms. The van der Waals surface area contributed by atoms with Crippen LogP contribution in [0.4, 0.5) is 5.69 Å². The van der Waals surface area contributed by atoms with Crippen molar-refractivity contribution < 1.29 is 17.4 Å². The van der Waals surface area contributed by atoms with E-state index < -0.39 is 22.3 Å². The van der Waals surface area contributed by atoms with E-state index in [9.17, 15) is 13.2 Å². The monoisotopic (exact) mass is 258 g/mol. The van der Waals surface area contributed by atoms with E-state index in [0.717, 1.165) is 0 Å². The number of hydrogen-bond acceptors (Lipinski definition) is 5. The Morgan fingerprint density at radius 2 is 1.94 bits per heavy atom. The summed E-state index contributed by atoms with van der Waals surface area (Å²) in [4.78, 5) is 11.6. The normalized spacial score (nSPS) is 11.5. The lowest BCUT2D eigenvalue weighted by Gasteiger charge is -2.10. The summed E-state index contributed by atoms with van der Waals surface area (Å²) in [6, 6.07) is 6.16. The zero-order valence-electron chi connectivity index (χ0n) is 9.51. The fraction of sp³-hybridized carbons (Fsp3) is 0.300. The number of hydrogen-bond donors (Lipinski definition) is 2. The van der Waals surface area contributed by atoms with Crippen molar-refractivity contribution in [1.82, 2.24) is 4.72 Å². The minimum atomic E-state index is -4.10. The van der Waals surface area contributed by atoms with Gasteiger partial charge in [-0.15, -0.1) is 0 Å². The van der Waals surface area contributed by atoms with Gasteiger partial charge in [0.1, 0.15) is 0 Å². The number of carbonyl (C=O) groups is 1. The molecule has 1 rings (SSSR count). The molecule has 1 aromatic rings. The summed E-state index contributed by atoms with van der Waals surface area (Å²) in [5, 5.41) is 0. The molecule has 0 heterocycles. The van der Waals surface area contributed by atoms with Crippen LogP contribution in [0.1, 0.15) is 24.2 Å². The maximum Gasteiger partial charge on any atom is 0.362 e. The lowest BCUT2D eigenvalue weighted by Crippen LogP contribution is -2.34. The van der Waals surface area contributed by atoms with Crippen molar-refractivity contribution in [3.05, 3.63) is 29.8 Å². The second-order valence-corrected chi connectivity index (χ2v) is 4.92. The number of rotatable bonds is 4. The minimum Gasteiger partial charge on any atom is -0.398 e. The second-order valence-electron chi connectivity index (χ2n) is 3.62. The first-order valence-corrected chi connectivity index (χ1v) is 6.32. The van der Waals surface area contributed by atoms with Crippen LogP contribution >= 0.6 is 0 Å². The van der Waals surface area contributed by atoms with Crippen LogP contribution in [0.15, 0.2) is 24.3 Å². The molecule has 0 saturated carbocycles. The van der Waals surface area contributed by atoms with Crippen LogP contribution in [-0.2, 0) is 14.5 Å². The number of benzene rings is 1. The molecule has 0 saturated heterocycles. The molecule has 3 N–H and O–H groups in total. The van der Waals surface area contributed by atoms with Gasteiger partial charge in [-0.05, 0) is 26.0 Å². The molecule has 6 nitrogen and oxygen atoms in total. The molecule has 94 valence electrons. The lowest BCUT2D eigenvalue weighted by molar-refractivity contribution is 0.0975. The van der Waals surface area contributed by atoms with Gasteiger partial charge in [-0.1, -0.05) is 12.1 Å². The Bertz CT molecular complexity index is 511. The molecule has 0 bridgehead atoms. The first-order chi connectivity index (χ1) is 7.82. The van der Waals surface area contributed by atoms with E-state index in [1.165, 1.54) is 12.1 Å². The second kappa shape index (κ2) is 5.15. The standard InChI is InChI=1S/C10H14N2O4S/c1-7(2)16-17(14,15)12-10(13)8-5-3-4-6-9(8)11/h3-7H,11H2,1-2H3,(H,12,13). The zero-order chi connectivity index (χ0) is 13.1. The first-order valence-electron chi connectivity index (χ1n) is 4.91. The third-order valence-corrected chi connectivity index (χ3v) is 2.82. The van der Waals surface area contributed by atoms with E-state index in [0.29, 0.717) is 0 Å². The number of nitrogen functional groups attached to an aromatic ring is 1. The van der Waals surface area contributed by atoms with Gasteiger partial charge in [0.2, 0.25) is 0 Å². The van der Waals surface area contributed by atoms with E-state index in [2.05, 4.69) is 4.18 Å². The summed E-state index contributed by atoms with van der Waals surface area (Å²) in [6.07, 6.45) is -0.548. The summed E-state index contributed by atoms with van der Waals surface area (Å²) in [5.41, 5.74) is 5.83. The molecular formula is C10H14N2O4S.